The number of aromatic carboxylic acids is 1. The van der Waals surface area contributed by atoms with Gasteiger partial charge < -0.3 is 14.8 Å². The summed E-state index contributed by atoms with van der Waals surface area (Å²) >= 11 is 0. The summed E-state index contributed by atoms with van der Waals surface area (Å²) in [6.07, 6.45) is 1.07. The van der Waals surface area contributed by atoms with Gasteiger partial charge in [-0.2, -0.15) is 0 Å². The molecule has 0 spiro atoms. The van der Waals surface area contributed by atoms with Gasteiger partial charge in [0.25, 0.3) is 0 Å². The molecule has 0 aliphatic rings. The van der Waals surface area contributed by atoms with Crippen LogP contribution >= 0.6 is 0 Å². The van der Waals surface area contributed by atoms with Gasteiger partial charge in [-0.3, -0.25) is 0 Å². The first kappa shape index (κ1) is 13.6. The fourth-order valence-electron chi connectivity index (χ4n) is 2.05. The molecule has 4 heteroatoms. The highest BCUT2D eigenvalue weighted by molar-refractivity contribution is 5.95. The fourth-order valence-corrected chi connectivity index (χ4v) is 2.05. The number of fused-ring (bicyclic) bond motifs is 1. The van der Waals surface area contributed by atoms with Crippen molar-refractivity contribution in [2.75, 3.05) is 6.54 Å². The van der Waals surface area contributed by atoms with E-state index in [1.54, 1.807) is 6.07 Å². The summed E-state index contributed by atoms with van der Waals surface area (Å²) in [5, 5.41) is 13.3. The van der Waals surface area contributed by atoms with E-state index in [1.807, 2.05) is 18.2 Å². The van der Waals surface area contributed by atoms with E-state index in [-0.39, 0.29) is 5.76 Å². The molecule has 0 atom stereocenters. The Balaban J connectivity index is 2.19. The molecule has 1 aromatic carbocycles. The van der Waals surface area contributed by atoms with Crippen LogP contribution in [0.1, 0.15) is 36.4 Å². The lowest BCUT2D eigenvalue weighted by Gasteiger charge is -2.06. The molecule has 19 heavy (non-hydrogen) atoms. The van der Waals surface area contributed by atoms with Crippen LogP contribution in [0.3, 0.4) is 0 Å². The van der Waals surface area contributed by atoms with Gasteiger partial charge in [-0.25, -0.2) is 4.79 Å². The van der Waals surface area contributed by atoms with Crippen LogP contribution in [-0.2, 0) is 6.54 Å². The Bertz CT molecular complexity index is 572. The number of para-hydroxylation sites is 1. The van der Waals surface area contributed by atoms with Crippen LogP contribution in [0.5, 0.6) is 0 Å². The lowest BCUT2D eigenvalue weighted by atomic mass is 10.1. The van der Waals surface area contributed by atoms with Crippen LogP contribution < -0.4 is 5.32 Å². The minimum atomic E-state index is -1.02. The maximum atomic E-state index is 11.2. The van der Waals surface area contributed by atoms with Crippen LogP contribution in [0.25, 0.3) is 11.0 Å². The number of hydrogen-bond acceptors (Lipinski definition) is 3. The van der Waals surface area contributed by atoms with Gasteiger partial charge in [0.05, 0.1) is 0 Å². The van der Waals surface area contributed by atoms with E-state index >= 15 is 0 Å². The monoisotopic (exact) mass is 261 g/mol. The molecule has 2 aromatic rings. The lowest BCUT2D eigenvalue weighted by molar-refractivity contribution is 0.0663. The molecule has 0 fully saturated rings. The molecule has 0 amide bonds. The van der Waals surface area contributed by atoms with Crippen LogP contribution in [-0.4, -0.2) is 17.6 Å². The number of carboxylic acids is 1. The van der Waals surface area contributed by atoms with E-state index in [9.17, 15) is 9.90 Å². The standard InChI is InChI=1S/C15H19NO3/c1-10(2)7-8-16-9-12-11-5-3-4-6-13(11)19-14(12)15(17)18/h3-6,10,16H,7-9H2,1-2H3,(H,17,18). The second-order valence-corrected chi connectivity index (χ2v) is 5.07. The molecule has 0 aliphatic heterocycles. The van der Waals surface area contributed by atoms with Crippen molar-refractivity contribution in [1.29, 1.82) is 0 Å². The van der Waals surface area contributed by atoms with Gasteiger partial charge in [-0.15, -0.1) is 0 Å². The first-order valence-corrected chi connectivity index (χ1v) is 6.54. The number of nitrogens with one attached hydrogen (secondary N) is 1. The Morgan fingerprint density at radius 2 is 2.11 bits per heavy atom. The second-order valence-electron chi connectivity index (χ2n) is 5.07. The summed E-state index contributed by atoms with van der Waals surface area (Å²) in [5.41, 5.74) is 1.35. The summed E-state index contributed by atoms with van der Waals surface area (Å²) in [6, 6.07) is 7.42. The summed E-state index contributed by atoms with van der Waals surface area (Å²) in [7, 11) is 0. The Kier molecular flexibility index (Phi) is 4.22. The maximum absolute atomic E-state index is 11.2. The third kappa shape index (κ3) is 3.15. The van der Waals surface area contributed by atoms with Gasteiger partial charge in [0.1, 0.15) is 5.58 Å². The first-order valence-electron chi connectivity index (χ1n) is 6.54. The summed E-state index contributed by atoms with van der Waals surface area (Å²) < 4.78 is 5.40. The van der Waals surface area contributed by atoms with Crippen molar-refractivity contribution < 1.29 is 14.3 Å². The quantitative estimate of drug-likeness (QED) is 0.783. The van der Waals surface area contributed by atoms with E-state index in [0.29, 0.717) is 18.0 Å². The number of furan rings is 1. The van der Waals surface area contributed by atoms with Crippen LogP contribution in [0.2, 0.25) is 0 Å². The molecule has 0 unspecified atom stereocenters. The number of rotatable bonds is 6. The lowest BCUT2D eigenvalue weighted by Crippen LogP contribution is -2.17. The first-order chi connectivity index (χ1) is 9.09. The Labute approximate surface area is 112 Å². The SMILES string of the molecule is CC(C)CCNCc1c(C(=O)O)oc2ccccc12. The Morgan fingerprint density at radius 1 is 1.37 bits per heavy atom. The van der Waals surface area contributed by atoms with Crippen molar-refractivity contribution >= 4 is 16.9 Å². The molecular weight excluding hydrogens is 242 g/mol. The highest BCUT2D eigenvalue weighted by Crippen LogP contribution is 2.25. The van der Waals surface area contributed by atoms with Crippen LogP contribution in [0, 0.1) is 5.92 Å². The molecule has 2 rings (SSSR count). The van der Waals surface area contributed by atoms with Crippen molar-refractivity contribution in [3.8, 4) is 0 Å². The normalized spacial score (nSPS) is 11.3. The second kappa shape index (κ2) is 5.89. The highest BCUT2D eigenvalue weighted by atomic mass is 16.4. The van der Waals surface area contributed by atoms with Crippen LogP contribution in [0.15, 0.2) is 28.7 Å². The molecule has 1 heterocycles. The third-order valence-corrected chi connectivity index (χ3v) is 3.09. The average Bonchev–Trinajstić information content (AvgIpc) is 2.73. The number of carboxylic acid groups (broad SMARTS) is 1. The zero-order valence-corrected chi connectivity index (χ0v) is 11.3. The minimum Gasteiger partial charge on any atom is -0.475 e. The maximum Gasteiger partial charge on any atom is 0.372 e. The van der Waals surface area contributed by atoms with Gasteiger partial charge in [-0.1, -0.05) is 32.0 Å². The highest BCUT2D eigenvalue weighted by Gasteiger charge is 2.18. The number of carbonyl (C=O) groups is 1. The minimum absolute atomic E-state index is 0.0400. The number of benzene rings is 1. The summed E-state index contributed by atoms with van der Waals surface area (Å²) in [6.45, 7) is 5.72. The van der Waals surface area contributed by atoms with E-state index in [2.05, 4.69) is 19.2 Å². The molecule has 2 N–H and O–H groups in total. The van der Waals surface area contributed by atoms with Crippen LogP contribution in [0.4, 0.5) is 0 Å². The van der Waals surface area contributed by atoms with Crippen molar-refractivity contribution in [2.24, 2.45) is 5.92 Å². The molecule has 0 radical (unpaired) electrons. The van der Waals surface area contributed by atoms with Gasteiger partial charge in [0, 0.05) is 17.5 Å². The third-order valence-electron chi connectivity index (χ3n) is 3.09. The van der Waals surface area contributed by atoms with E-state index in [0.717, 1.165) is 23.9 Å². The van der Waals surface area contributed by atoms with Crippen molar-refractivity contribution in [2.45, 2.75) is 26.8 Å². The van der Waals surface area contributed by atoms with Gasteiger partial charge in [0.15, 0.2) is 0 Å². The molecule has 0 saturated heterocycles. The zero-order chi connectivity index (χ0) is 13.8. The largest absolute Gasteiger partial charge is 0.475 e. The van der Waals surface area contributed by atoms with Gasteiger partial charge >= 0.3 is 5.97 Å². The predicted molar refractivity (Wildman–Crippen MR) is 74.3 cm³/mol. The molecule has 102 valence electrons. The Morgan fingerprint density at radius 3 is 2.79 bits per heavy atom. The van der Waals surface area contributed by atoms with Crippen molar-refractivity contribution in [3.63, 3.8) is 0 Å². The van der Waals surface area contributed by atoms with Gasteiger partial charge in [-0.05, 0) is 24.9 Å². The fraction of sp³-hybridized carbons (Fsp3) is 0.400. The molecule has 0 bridgehead atoms. The molecular formula is C15H19NO3. The Hall–Kier alpha value is -1.81. The number of hydrogen-bond donors (Lipinski definition) is 2. The molecule has 0 aliphatic carbocycles. The molecule has 1 aromatic heterocycles. The van der Waals surface area contributed by atoms with Gasteiger partial charge in [0.2, 0.25) is 5.76 Å². The van der Waals surface area contributed by atoms with E-state index in [4.69, 9.17) is 4.42 Å². The smallest absolute Gasteiger partial charge is 0.372 e. The average molecular weight is 261 g/mol. The topological polar surface area (TPSA) is 62.5 Å². The summed E-state index contributed by atoms with van der Waals surface area (Å²) in [5.74, 6) is -0.345. The zero-order valence-electron chi connectivity index (χ0n) is 11.3. The van der Waals surface area contributed by atoms with Crippen molar-refractivity contribution in [1.82, 2.24) is 5.32 Å². The van der Waals surface area contributed by atoms with E-state index < -0.39 is 5.97 Å². The summed E-state index contributed by atoms with van der Waals surface area (Å²) in [4.78, 5) is 11.2. The predicted octanol–water partition coefficient (Wildman–Crippen LogP) is 3.27. The molecule has 0 saturated carbocycles. The molecule has 4 nitrogen and oxygen atoms in total. The van der Waals surface area contributed by atoms with E-state index in [1.165, 1.54) is 0 Å². The van der Waals surface area contributed by atoms with Crippen molar-refractivity contribution in [3.05, 3.63) is 35.6 Å².